The zero-order valence-corrected chi connectivity index (χ0v) is 22.1. The smallest absolute Gasteiger partial charge is 0.0483 e. The number of benzene rings is 4. The van der Waals surface area contributed by atoms with Gasteiger partial charge in [0.15, 0.2) is 0 Å². The molecular weight excluding hydrogens is 479 g/mol. The molecule has 6 rings (SSSR count). The molecule has 0 N–H and O–H groups in total. The van der Waals surface area contributed by atoms with Crippen LogP contribution in [0.25, 0.3) is 32.3 Å². The molecule has 4 aromatic rings. The number of allylic oxidation sites excluding steroid dienone is 2. The zero-order valence-electron chi connectivity index (χ0n) is 20.6. The maximum absolute atomic E-state index is 7.01. The SMILES string of the molecule is CC1=C(Cl)c2c(-c3ccccc3)cccc2C1CCC1C(C)=C(Cl)c2c(-c3ccccc3)cccc21. The van der Waals surface area contributed by atoms with Gasteiger partial charge in [0, 0.05) is 33.0 Å². The van der Waals surface area contributed by atoms with E-state index < -0.39 is 0 Å². The highest BCUT2D eigenvalue weighted by Gasteiger charge is 2.34. The normalized spacial score (nSPS) is 18.6. The highest BCUT2D eigenvalue weighted by atomic mass is 35.5. The number of rotatable bonds is 5. The van der Waals surface area contributed by atoms with Crippen LogP contribution < -0.4 is 0 Å². The maximum Gasteiger partial charge on any atom is 0.0483 e. The van der Waals surface area contributed by atoms with E-state index in [1.165, 1.54) is 55.7 Å². The number of fused-ring (bicyclic) bond motifs is 2. The average molecular weight is 508 g/mol. The van der Waals surface area contributed by atoms with Gasteiger partial charge in [0.2, 0.25) is 0 Å². The van der Waals surface area contributed by atoms with E-state index >= 15 is 0 Å². The monoisotopic (exact) mass is 506 g/mol. The summed E-state index contributed by atoms with van der Waals surface area (Å²) in [5, 5.41) is 1.83. The molecule has 4 aromatic carbocycles. The highest BCUT2D eigenvalue weighted by Crippen LogP contribution is 2.53. The van der Waals surface area contributed by atoms with Crippen molar-refractivity contribution in [3.63, 3.8) is 0 Å². The first-order valence-electron chi connectivity index (χ1n) is 12.7. The van der Waals surface area contributed by atoms with Crippen LogP contribution in [0.15, 0.2) is 108 Å². The van der Waals surface area contributed by atoms with E-state index in [-0.39, 0.29) is 0 Å². The van der Waals surface area contributed by atoms with Crippen molar-refractivity contribution in [1.29, 1.82) is 0 Å². The van der Waals surface area contributed by atoms with E-state index in [1.807, 2.05) is 0 Å². The Hall–Kier alpha value is -3.06. The Kier molecular flexibility index (Phi) is 6.12. The third-order valence-electron chi connectivity index (χ3n) is 8.03. The van der Waals surface area contributed by atoms with Crippen LogP contribution >= 0.6 is 23.2 Å². The topological polar surface area (TPSA) is 0 Å². The molecule has 2 aliphatic rings. The van der Waals surface area contributed by atoms with Crippen molar-refractivity contribution >= 4 is 33.3 Å². The second-order valence-corrected chi connectivity index (χ2v) is 10.7. The largest absolute Gasteiger partial charge is 0.0837 e. The molecule has 36 heavy (non-hydrogen) atoms. The van der Waals surface area contributed by atoms with Gasteiger partial charge >= 0.3 is 0 Å². The fourth-order valence-electron chi connectivity index (χ4n) is 6.17. The Morgan fingerprint density at radius 3 is 1.28 bits per heavy atom. The van der Waals surface area contributed by atoms with Crippen molar-refractivity contribution < 1.29 is 0 Å². The van der Waals surface area contributed by atoms with Gasteiger partial charge in [0.1, 0.15) is 0 Å². The molecule has 0 saturated heterocycles. The summed E-state index contributed by atoms with van der Waals surface area (Å²) in [5.74, 6) is 0.646. The first-order chi connectivity index (χ1) is 17.6. The quantitative estimate of drug-likeness (QED) is 0.252. The van der Waals surface area contributed by atoms with Crippen molar-refractivity contribution in [2.45, 2.75) is 38.5 Å². The molecule has 2 heteroatoms. The van der Waals surface area contributed by atoms with Gasteiger partial charge < -0.3 is 0 Å². The molecule has 0 aliphatic heterocycles. The molecule has 2 atom stereocenters. The molecule has 0 nitrogen and oxygen atoms in total. The molecule has 0 amide bonds. The molecule has 0 bridgehead atoms. The third kappa shape index (κ3) is 3.76. The van der Waals surface area contributed by atoms with Gasteiger partial charge in [-0.25, -0.2) is 0 Å². The predicted octanol–water partition coefficient (Wildman–Crippen LogP) is 10.6. The maximum atomic E-state index is 7.01. The molecule has 0 radical (unpaired) electrons. The van der Waals surface area contributed by atoms with E-state index in [2.05, 4.69) is 111 Å². The van der Waals surface area contributed by atoms with Crippen LogP contribution in [0.1, 0.15) is 60.8 Å². The van der Waals surface area contributed by atoms with E-state index in [0.29, 0.717) is 11.8 Å². The summed E-state index contributed by atoms with van der Waals surface area (Å²) in [7, 11) is 0. The Morgan fingerprint density at radius 1 is 0.500 bits per heavy atom. The summed E-state index contributed by atoms with van der Waals surface area (Å²) in [4.78, 5) is 0. The number of halogens is 2. The second kappa shape index (κ2) is 9.43. The molecule has 0 spiro atoms. The fraction of sp³-hybridized carbons (Fsp3) is 0.176. The van der Waals surface area contributed by atoms with E-state index in [4.69, 9.17) is 23.2 Å². The van der Waals surface area contributed by atoms with E-state index in [1.54, 1.807) is 0 Å². The fourth-order valence-corrected chi connectivity index (χ4v) is 6.86. The van der Waals surface area contributed by atoms with Crippen LogP contribution in [0, 0.1) is 0 Å². The molecule has 2 aliphatic carbocycles. The number of hydrogen-bond donors (Lipinski definition) is 0. The molecule has 0 saturated carbocycles. The first-order valence-corrected chi connectivity index (χ1v) is 13.4. The summed E-state index contributed by atoms with van der Waals surface area (Å²) in [5.41, 5.74) is 12.5. The standard InChI is InChI=1S/C34H28Cl2/c1-21-25(29-17-9-15-27(31(29)33(21)35)23-11-5-3-6-12-23)19-20-26-22(2)34(36)32-28(16-10-18-30(26)32)24-13-7-4-8-14-24/h3-18,25-26H,19-20H2,1-2H3. The Morgan fingerprint density at radius 2 is 0.889 bits per heavy atom. The van der Waals surface area contributed by atoms with Crippen LogP contribution in [0.3, 0.4) is 0 Å². The van der Waals surface area contributed by atoms with Crippen LogP contribution in [-0.2, 0) is 0 Å². The van der Waals surface area contributed by atoms with Crippen LogP contribution in [0.4, 0.5) is 0 Å². The molecule has 0 aromatic heterocycles. The van der Waals surface area contributed by atoms with Gasteiger partial charge in [-0.2, -0.15) is 0 Å². The predicted molar refractivity (Wildman–Crippen MR) is 155 cm³/mol. The Bertz CT molecular complexity index is 1390. The molecule has 0 fully saturated rings. The van der Waals surface area contributed by atoms with Crippen molar-refractivity contribution in [3.8, 4) is 22.3 Å². The van der Waals surface area contributed by atoms with Crippen LogP contribution in [0.2, 0.25) is 0 Å². The minimum Gasteiger partial charge on any atom is -0.0837 e. The molecular formula is C34H28Cl2. The second-order valence-electron chi connectivity index (χ2n) is 9.95. The lowest BCUT2D eigenvalue weighted by atomic mass is 9.83. The van der Waals surface area contributed by atoms with E-state index in [0.717, 1.165) is 22.9 Å². The molecule has 178 valence electrons. The first kappa shape index (κ1) is 23.3. The van der Waals surface area contributed by atoms with Gasteiger partial charge in [0.25, 0.3) is 0 Å². The van der Waals surface area contributed by atoms with Gasteiger partial charge in [-0.3, -0.25) is 0 Å². The van der Waals surface area contributed by atoms with Crippen LogP contribution in [-0.4, -0.2) is 0 Å². The average Bonchev–Trinajstić information content (AvgIpc) is 3.32. The third-order valence-corrected chi connectivity index (χ3v) is 9.01. The zero-order chi connectivity index (χ0) is 24.8. The summed E-state index contributed by atoms with van der Waals surface area (Å²) < 4.78 is 0. The van der Waals surface area contributed by atoms with E-state index in [9.17, 15) is 0 Å². The van der Waals surface area contributed by atoms with Crippen molar-refractivity contribution in [2.24, 2.45) is 0 Å². The van der Waals surface area contributed by atoms with Gasteiger partial charge in [-0.05, 0) is 71.2 Å². The Labute approximate surface area is 223 Å². The minimum absolute atomic E-state index is 0.323. The van der Waals surface area contributed by atoms with Crippen molar-refractivity contribution in [1.82, 2.24) is 0 Å². The van der Waals surface area contributed by atoms with Gasteiger partial charge in [-0.1, -0.05) is 120 Å². The van der Waals surface area contributed by atoms with Crippen molar-refractivity contribution in [2.75, 3.05) is 0 Å². The summed E-state index contributed by atoms with van der Waals surface area (Å²) in [6, 6.07) is 34.4. The van der Waals surface area contributed by atoms with Gasteiger partial charge in [0.05, 0.1) is 0 Å². The van der Waals surface area contributed by atoms with Crippen LogP contribution in [0.5, 0.6) is 0 Å². The number of hydrogen-bond acceptors (Lipinski definition) is 0. The summed E-state index contributed by atoms with van der Waals surface area (Å²) >= 11 is 14.0. The summed E-state index contributed by atoms with van der Waals surface area (Å²) in [6.07, 6.45) is 2.07. The molecule has 0 heterocycles. The minimum atomic E-state index is 0.323. The lowest BCUT2D eigenvalue weighted by molar-refractivity contribution is 0.611. The Balaban J connectivity index is 1.33. The lowest BCUT2D eigenvalue weighted by Crippen LogP contribution is -2.04. The van der Waals surface area contributed by atoms with Gasteiger partial charge in [-0.15, -0.1) is 0 Å². The summed E-state index contributed by atoms with van der Waals surface area (Å²) in [6.45, 7) is 4.40. The molecule has 2 unspecified atom stereocenters. The lowest BCUT2D eigenvalue weighted by Gasteiger charge is -2.20. The highest BCUT2D eigenvalue weighted by molar-refractivity contribution is 6.51. The van der Waals surface area contributed by atoms with Crippen molar-refractivity contribution in [3.05, 3.63) is 130 Å².